The predicted octanol–water partition coefficient (Wildman–Crippen LogP) is 2.83. The number of carbonyl (C=O) groups excluding carboxylic acids is 1. The molecule has 2 fully saturated rings. The monoisotopic (exact) mass is 543 g/mol. The smallest absolute Gasteiger partial charge is 0.490 e. The van der Waals surface area contributed by atoms with Crippen LogP contribution in [0, 0.1) is 5.92 Å². The van der Waals surface area contributed by atoms with Gasteiger partial charge in [-0.2, -0.15) is 13.2 Å². The van der Waals surface area contributed by atoms with E-state index in [1.807, 2.05) is 24.3 Å². The van der Waals surface area contributed by atoms with E-state index in [9.17, 15) is 26.4 Å². The van der Waals surface area contributed by atoms with E-state index in [4.69, 9.17) is 14.6 Å². The van der Waals surface area contributed by atoms with Crippen LogP contribution in [0.25, 0.3) is 0 Å². The van der Waals surface area contributed by atoms with E-state index in [1.54, 1.807) is 40.8 Å². The molecule has 2 aromatic rings. The molecule has 13 heteroatoms. The summed E-state index contributed by atoms with van der Waals surface area (Å²) in [5, 5.41) is 6.72. The maximum atomic E-state index is 13.1. The van der Waals surface area contributed by atoms with Crippen molar-refractivity contribution in [2.24, 2.45) is 5.92 Å². The SMILES string of the molecule is COc1ccc(CCN2C[C@H]3CCN(C(=O)c4cccnc4)CC[C@H]3S2(=O)=O)cc1.O=C(O)C(F)(F)F. The number of halogens is 3. The number of alkyl halides is 3. The molecule has 1 aromatic heterocycles. The van der Waals surface area contributed by atoms with Gasteiger partial charge in [0, 0.05) is 38.6 Å². The zero-order chi connectivity index (χ0) is 27.2. The molecule has 0 bridgehead atoms. The zero-order valence-electron chi connectivity index (χ0n) is 20.1. The van der Waals surface area contributed by atoms with Crippen molar-refractivity contribution in [2.75, 3.05) is 33.3 Å². The third-order valence-corrected chi connectivity index (χ3v) is 8.84. The van der Waals surface area contributed by atoms with E-state index < -0.39 is 27.4 Å². The highest BCUT2D eigenvalue weighted by Gasteiger charge is 2.47. The van der Waals surface area contributed by atoms with Crippen LogP contribution in [0.5, 0.6) is 5.75 Å². The number of methoxy groups -OCH3 is 1. The Balaban J connectivity index is 0.000000479. The first-order chi connectivity index (χ1) is 17.4. The molecule has 1 amide bonds. The van der Waals surface area contributed by atoms with Gasteiger partial charge < -0.3 is 14.7 Å². The Morgan fingerprint density at radius 3 is 2.35 bits per heavy atom. The lowest BCUT2D eigenvalue weighted by Gasteiger charge is -2.22. The van der Waals surface area contributed by atoms with E-state index >= 15 is 0 Å². The molecule has 1 aromatic carbocycles. The minimum atomic E-state index is -5.08. The Hall–Kier alpha value is -3.19. The lowest BCUT2D eigenvalue weighted by Crippen LogP contribution is -2.35. The number of likely N-dealkylation sites (tertiary alicyclic amines) is 1. The number of hydrogen-bond acceptors (Lipinski definition) is 6. The van der Waals surface area contributed by atoms with Gasteiger partial charge in [0.2, 0.25) is 10.0 Å². The first-order valence-electron chi connectivity index (χ1n) is 11.5. The van der Waals surface area contributed by atoms with Gasteiger partial charge in [-0.05, 0) is 55.0 Å². The number of aliphatic carboxylic acids is 1. The molecule has 202 valence electrons. The zero-order valence-corrected chi connectivity index (χ0v) is 20.9. The van der Waals surface area contributed by atoms with Gasteiger partial charge in [-0.25, -0.2) is 17.5 Å². The van der Waals surface area contributed by atoms with Crippen LogP contribution in [0.4, 0.5) is 13.2 Å². The summed E-state index contributed by atoms with van der Waals surface area (Å²) in [5.41, 5.74) is 1.64. The fraction of sp³-hybridized carbons (Fsp3) is 0.458. The Kier molecular flexibility index (Phi) is 9.13. The molecule has 0 radical (unpaired) electrons. The fourth-order valence-electron chi connectivity index (χ4n) is 4.44. The van der Waals surface area contributed by atoms with Gasteiger partial charge >= 0.3 is 12.1 Å². The Morgan fingerprint density at radius 2 is 1.78 bits per heavy atom. The van der Waals surface area contributed by atoms with Crippen LogP contribution < -0.4 is 4.74 Å². The number of aromatic nitrogens is 1. The maximum Gasteiger partial charge on any atom is 0.490 e. The highest BCUT2D eigenvalue weighted by molar-refractivity contribution is 7.90. The quantitative estimate of drug-likeness (QED) is 0.616. The maximum absolute atomic E-state index is 13.1. The number of carboxylic acids is 1. The fourth-order valence-corrected chi connectivity index (χ4v) is 6.68. The molecular formula is C24H28F3N3O6S. The molecule has 2 saturated heterocycles. The van der Waals surface area contributed by atoms with Crippen molar-refractivity contribution in [3.63, 3.8) is 0 Å². The van der Waals surface area contributed by atoms with Crippen LogP contribution in [-0.2, 0) is 21.2 Å². The number of nitrogens with zero attached hydrogens (tertiary/aromatic N) is 3. The summed E-state index contributed by atoms with van der Waals surface area (Å²) in [6, 6.07) is 11.2. The molecule has 4 rings (SSSR count). The second kappa shape index (κ2) is 11.9. The topological polar surface area (TPSA) is 117 Å². The highest BCUT2D eigenvalue weighted by Crippen LogP contribution is 2.34. The standard InChI is InChI=1S/C22H27N3O4S.C2HF3O2/c1-29-20-6-4-17(5-7-20)8-14-25-16-19-9-12-24(13-10-21(19)30(25,27)28)22(26)18-3-2-11-23-15-18;3-2(4,5)1(6)7/h2-7,11,15,19,21H,8-10,12-14,16H2,1H3;(H,6,7)/t19-,21-;/m1./s1. The minimum absolute atomic E-state index is 0.0672. The van der Waals surface area contributed by atoms with Crippen LogP contribution >= 0.6 is 0 Å². The van der Waals surface area contributed by atoms with E-state index in [1.165, 1.54) is 0 Å². The second-order valence-electron chi connectivity index (χ2n) is 8.71. The molecule has 0 spiro atoms. The molecule has 3 heterocycles. The third kappa shape index (κ3) is 7.19. The van der Waals surface area contributed by atoms with Crippen molar-refractivity contribution >= 4 is 21.9 Å². The van der Waals surface area contributed by atoms with Crippen molar-refractivity contribution in [3.05, 3.63) is 59.9 Å². The van der Waals surface area contributed by atoms with Gasteiger partial charge in [-0.3, -0.25) is 9.78 Å². The van der Waals surface area contributed by atoms with Crippen LogP contribution in [0.3, 0.4) is 0 Å². The van der Waals surface area contributed by atoms with Crippen LogP contribution in [0.15, 0.2) is 48.8 Å². The lowest BCUT2D eigenvalue weighted by atomic mass is 10.0. The van der Waals surface area contributed by atoms with Crippen molar-refractivity contribution in [1.29, 1.82) is 0 Å². The molecule has 2 atom stereocenters. The average molecular weight is 544 g/mol. The number of hydrogen-bond donors (Lipinski definition) is 1. The highest BCUT2D eigenvalue weighted by atomic mass is 32.2. The van der Waals surface area contributed by atoms with E-state index in [0.29, 0.717) is 51.0 Å². The first kappa shape index (κ1) is 28.4. The minimum Gasteiger partial charge on any atom is -0.497 e. The van der Waals surface area contributed by atoms with Crippen molar-refractivity contribution in [1.82, 2.24) is 14.2 Å². The third-order valence-electron chi connectivity index (χ3n) is 6.41. The number of carbonyl (C=O) groups is 2. The van der Waals surface area contributed by atoms with Gasteiger partial charge in [0.15, 0.2) is 0 Å². The lowest BCUT2D eigenvalue weighted by molar-refractivity contribution is -0.192. The summed E-state index contributed by atoms with van der Waals surface area (Å²) in [7, 11) is -1.72. The van der Waals surface area contributed by atoms with Crippen LogP contribution in [0.2, 0.25) is 0 Å². The molecule has 9 nitrogen and oxygen atoms in total. The summed E-state index contributed by atoms with van der Waals surface area (Å²) in [6.45, 7) is 2.06. The predicted molar refractivity (Wildman–Crippen MR) is 128 cm³/mol. The van der Waals surface area contributed by atoms with Gasteiger partial charge in [-0.1, -0.05) is 12.1 Å². The van der Waals surface area contributed by atoms with Gasteiger partial charge in [-0.15, -0.1) is 0 Å². The summed E-state index contributed by atoms with van der Waals surface area (Å²) in [5.74, 6) is -1.97. The number of sulfonamides is 1. The van der Waals surface area contributed by atoms with Gasteiger partial charge in [0.1, 0.15) is 5.75 Å². The van der Waals surface area contributed by atoms with Gasteiger partial charge in [0.05, 0.1) is 17.9 Å². The number of pyridine rings is 1. The van der Waals surface area contributed by atoms with E-state index in [2.05, 4.69) is 4.98 Å². The summed E-state index contributed by atoms with van der Waals surface area (Å²) in [6.07, 6.45) is -0.0242. The van der Waals surface area contributed by atoms with Crippen molar-refractivity contribution in [3.8, 4) is 5.75 Å². The van der Waals surface area contributed by atoms with Crippen molar-refractivity contribution in [2.45, 2.75) is 30.7 Å². The normalized spacial score (nSPS) is 21.2. The summed E-state index contributed by atoms with van der Waals surface area (Å²) in [4.78, 5) is 27.4. The Morgan fingerprint density at radius 1 is 1.14 bits per heavy atom. The van der Waals surface area contributed by atoms with E-state index in [-0.39, 0.29) is 11.8 Å². The number of rotatable bonds is 5. The first-order valence-corrected chi connectivity index (χ1v) is 13.0. The number of carboxylic acid groups (broad SMARTS) is 1. The molecule has 0 unspecified atom stereocenters. The Labute approximate surface area is 212 Å². The number of fused-ring (bicyclic) bond motifs is 1. The van der Waals surface area contributed by atoms with Crippen LogP contribution in [-0.4, -0.2) is 84.3 Å². The molecule has 0 aliphatic carbocycles. The van der Waals surface area contributed by atoms with Gasteiger partial charge in [0.25, 0.3) is 5.91 Å². The molecule has 37 heavy (non-hydrogen) atoms. The summed E-state index contributed by atoms with van der Waals surface area (Å²) >= 11 is 0. The van der Waals surface area contributed by atoms with Crippen LogP contribution in [0.1, 0.15) is 28.8 Å². The molecule has 0 saturated carbocycles. The number of benzene rings is 1. The average Bonchev–Trinajstić information content (AvgIpc) is 3.00. The molecule has 2 aliphatic rings. The molecule has 2 aliphatic heterocycles. The molecule has 1 N–H and O–H groups in total. The van der Waals surface area contributed by atoms with E-state index in [0.717, 1.165) is 11.3 Å². The largest absolute Gasteiger partial charge is 0.497 e. The number of ether oxygens (including phenoxy) is 1. The Bertz CT molecular complexity index is 1180. The van der Waals surface area contributed by atoms with Crippen molar-refractivity contribution < 1.29 is 41.0 Å². The summed E-state index contributed by atoms with van der Waals surface area (Å²) < 4.78 is 64.8. The second-order valence-corrected chi connectivity index (χ2v) is 10.9. The number of amides is 1. The molecular weight excluding hydrogens is 515 g/mol.